The average Bonchev–Trinajstić information content (AvgIpc) is 2.69. The van der Waals surface area contributed by atoms with Crippen molar-refractivity contribution in [3.63, 3.8) is 0 Å². The van der Waals surface area contributed by atoms with Crippen LogP contribution < -0.4 is 15.0 Å². The Hall–Kier alpha value is -1.92. The Morgan fingerprint density at radius 1 is 1.18 bits per heavy atom. The Bertz CT molecular complexity index is 810. The summed E-state index contributed by atoms with van der Waals surface area (Å²) in [5.41, 5.74) is 2.48. The Labute approximate surface area is 179 Å². The van der Waals surface area contributed by atoms with E-state index in [9.17, 15) is 4.79 Å². The lowest BCUT2D eigenvalue weighted by Gasteiger charge is -2.36. The number of halogens is 2. The molecule has 2 aromatic rings. The van der Waals surface area contributed by atoms with Crippen LogP contribution in [0.3, 0.4) is 0 Å². The minimum Gasteiger partial charge on any atom is -0.492 e. The number of aryl methyl sites for hydroxylation is 1. The van der Waals surface area contributed by atoms with Crippen LogP contribution in [0.15, 0.2) is 46.9 Å². The maximum Gasteiger partial charge on any atom is 0.317 e. The topological polar surface area (TPSA) is 44.8 Å². The predicted octanol–water partition coefficient (Wildman–Crippen LogP) is 4.71. The van der Waals surface area contributed by atoms with Crippen molar-refractivity contribution in [3.05, 3.63) is 57.5 Å². The third kappa shape index (κ3) is 5.79. The molecule has 0 bridgehead atoms. The largest absolute Gasteiger partial charge is 0.492 e. The summed E-state index contributed by atoms with van der Waals surface area (Å²) in [5, 5.41) is 3.55. The molecule has 0 aliphatic carbocycles. The summed E-state index contributed by atoms with van der Waals surface area (Å²) in [4.78, 5) is 16.5. The van der Waals surface area contributed by atoms with Gasteiger partial charge in [0, 0.05) is 42.9 Å². The van der Waals surface area contributed by atoms with E-state index in [2.05, 4.69) is 57.3 Å². The third-order valence-corrected chi connectivity index (χ3v) is 5.47. The van der Waals surface area contributed by atoms with E-state index >= 15 is 0 Å². The summed E-state index contributed by atoms with van der Waals surface area (Å²) < 4.78 is 6.58. The average molecular weight is 467 g/mol. The van der Waals surface area contributed by atoms with Gasteiger partial charge in [-0.2, -0.15) is 0 Å². The number of hydrogen-bond donors (Lipinski definition) is 1. The van der Waals surface area contributed by atoms with Crippen LogP contribution >= 0.6 is 27.5 Å². The standard InChI is InChI=1S/C21H25BrClN3O2/c1-16-4-2-5-18(14-16)25-9-11-26(12-10-25)21(27)24-8-3-13-28-20-7-6-17(22)15-19(20)23/h2,4-7,14-15H,3,8-13H2,1H3,(H,24,27). The molecule has 0 aromatic heterocycles. The van der Waals surface area contributed by atoms with Gasteiger partial charge in [-0.05, 0) is 49.2 Å². The number of carbonyl (C=O) groups excluding carboxylic acids is 1. The molecular weight excluding hydrogens is 442 g/mol. The molecule has 0 radical (unpaired) electrons. The van der Waals surface area contributed by atoms with Gasteiger partial charge in [0.05, 0.1) is 11.6 Å². The van der Waals surface area contributed by atoms with Gasteiger partial charge in [0.15, 0.2) is 0 Å². The smallest absolute Gasteiger partial charge is 0.317 e. The second-order valence-electron chi connectivity index (χ2n) is 6.82. The van der Waals surface area contributed by atoms with Gasteiger partial charge in [-0.3, -0.25) is 0 Å². The summed E-state index contributed by atoms with van der Waals surface area (Å²) >= 11 is 9.49. The number of nitrogens with zero attached hydrogens (tertiary/aromatic N) is 2. The second-order valence-corrected chi connectivity index (χ2v) is 8.14. The molecule has 2 amide bonds. The van der Waals surface area contributed by atoms with E-state index in [1.54, 1.807) is 6.07 Å². The third-order valence-electron chi connectivity index (χ3n) is 4.68. The number of piperazine rings is 1. The zero-order valence-corrected chi connectivity index (χ0v) is 18.3. The first kappa shape index (κ1) is 20.8. The van der Waals surface area contributed by atoms with Crippen molar-refractivity contribution in [2.24, 2.45) is 0 Å². The van der Waals surface area contributed by atoms with Crippen molar-refractivity contribution >= 4 is 39.2 Å². The highest BCUT2D eigenvalue weighted by Crippen LogP contribution is 2.27. The number of hydrogen-bond acceptors (Lipinski definition) is 3. The first-order valence-electron chi connectivity index (χ1n) is 9.45. The van der Waals surface area contributed by atoms with Crippen LogP contribution in [0.5, 0.6) is 5.75 Å². The molecule has 3 rings (SSSR count). The zero-order chi connectivity index (χ0) is 19.9. The fourth-order valence-electron chi connectivity index (χ4n) is 3.15. The molecule has 1 aliphatic heterocycles. The van der Waals surface area contributed by atoms with Crippen LogP contribution in [0, 0.1) is 6.92 Å². The lowest BCUT2D eigenvalue weighted by atomic mass is 10.2. The van der Waals surface area contributed by atoms with E-state index in [1.807, 2.05) is 17.0 Å². The molecule has 7 heteroatoms. The van der Waals surface area contributed by atoms with Crippen molar-refractivity contribution in [2.45, 2.75) is 13.3 Å². The molecule has 0 saturated carbocycles. The Morgan fingerprint density at radius 2 is 1.96 bits per heavy atom. The molecule has 1 saturated heterocycles. The molecule has 5 nitrogen and oxygen atoms in total. The highest BCUT2D eigenvalue weighted by atomic mass is 79.9. The Balaban J connectivity index is 1.34. The summed E-state index contributed by atoms with van der Waals surface area (Å²) in [6.07, 6.45) is 0.724. The molecule has 2 aromatic carbocycles. The van der Waals surface area contributed by atoms with Crippen molar-refractivity contribution in [3.8, 4) is 5.75 Å². The van der Waals surface area contributed by atoms with E-state index in [-0.39, 0.29) is 6.03 Å². The molecule has 150 valence electrons. The minimum absolute atomic E-state index is 0.00873. The van der Waals surface area contributed by atoms with Gasteiger partial charge in [0.2, 0.25) is 0 Å². The van der Waals surface area contributed by atoms with Gasteiger partial charge in [0.25, 0.3) is 0 Å². The monoisotopic (exact) mass is 465 g/mol. The maximum absolute atomic E-state index is 12.3. The van der Waals surface area contributed by atoms with Crippen LogP contribution in [0.25, 0.3) is 0 Å². The SMILES string of the molecule is Cc1cccc(N2CCN(C(=O)NCCCOc3ccc(Br)cc3Cl)CC2)c1. The lowest BCUT2D eigenvalue weighted by Crippen LogP contribution is -2.52. The number of carbonyl (C=O) groups is 1. The Kier molecular flexibility index (Phi) is 7.45. The molecule has 1 heterocycles. The van der Waals surface area contributed by atoms with Crippen molar-refractivity contribution in [1.82, 2.24) is 10.2 Å². The molecule has 28 heavy (non-hydrogen) atoms. The summed E-state index contributed by atoms with van der Waals surface area (Å²) in [5.74, 6) is 0.656. The fraction of sp³-hybridized carbons (Fsp3) is 0.381. The normalized spacial score (nSPS) is 14.1. The van der Waals surface area contributed by atoms with E-state index in [0.717, 1.165) is 37.1 Å². The second kappa shape index (κ2) is 10.0. The molecule has 0 spiro atoms. The van der Waals surface area contributed by atoms with Gasteiger partial charge >= 0.3 is 6.03 Å². The molecule has 1 N–H and O–H groups in total. The van der Waals surface area contributed by atoms with E-state index in [0.29, 0.717) is 23.9 Å². The summed E-state index contributed by atoms with van der Waals surface area (Å²) in [6, 6.07) is 14.0. The van der Waals surface area contributed by atoms with E-state index in [4.69, 9.17) is 16.3 Å². The van der Waals surface area contributed by atoms with Crippen LogP contribution in [-0.4, -0.2) is 50.3 Å². The summed E-state index contributed by atoms with van der Waals surface area (Å²) in [6.45, 7) is 6.33. The maximum atomic E-state index is 12.3. The molecule has 0 atom stereocenters. The number of urea groups is 1. The zero-order valence-electron chi connectivity index (χ0n) is 16.0. The van der Waals surface area contributed by atoms with Crippen molar-refractivity contribution in [1.29, 1.82) is 0 Å². The molecule has 0 unspecified atom stereocenters. The number of nitrogens with one attached hydrogen (secondary N) is 1. The molecule has 1 aliphatic rings. The lowest BCUT2D eigenvalue weighted by molar-refractivity contribution is 0.193. The minimum atomic E-state index is -0.00873. The number of amides is 2. The van der Waals surface area contributed by atoms with E-state index < -0.39 is 0 Å². The van der Waals surface area contributed by atoms with Gasteiger partial charge in [0.1, 0.15) is 5.75 Å². The number of anilines is 1. The first-order chi connectivity index (χ1) is 13.5. The van der Waals surface area contributed by atoms with Crippen LogP contribution in [0.4, 0.5) is 10.5 Å². The Morgan fingerprint density at radius 3 is 2.68 bits per heavy atom. The van der Waals surface area contributed by atoms with Gasteiger partial charge in [-0.1, -0.05) is 39.7 Å². The van der Waals surface area contributed by atoms with Gasteiger partial charge < -0.3 is 19.9 Å². The van der Waals surface area contributed by atoms with Crippen LogP contribution in [0.2, 0.25) is 5.02 Å². The summed E-state index contributed by atoms with van der Waals surface area (Å²) in [7, 11) is 0. The first-order valence-corrected chi connectivity index (χ1v) is 10.6. The van der Waals surface area contributed by atoms with Crippen LogP contribution in [-0.2, 0) is 0 Å². The highest BCUT2D eigenvalue weighted by molar-refractivity contribution is 9.10. The molecular formula is C21H25BrClN3O2. The number of benzene rings is 2. The highest BCUT2D eigenvalue weighted by Gasteiger charge is 2.20. The van der Waals surface area contributed by atoms with Gasteiger partial charge in [-0.15, -0.1) is 0 Å². The predicted molar refractivity (Wildman–Crippen MR) is 118 cm³/mol. The number of rotatable bonds is 6. The van der Waals surface area contributed by atoms with Crippen molar-refractivity contribution in [2.75, 3.05) is 44.2 Å². The van der Waals surface area contributed by atoms with Gasteiger partial charge in [-0.25, -0.2) is 4.79 Å². The number of ether oxygens (including phenoxy) is 1. The fourth-order valence-corrected chi connectivity index (χ4v) is 3.87. The van der Waals surface area contributed by atoms with Crippen molar-refractivity contribution < 1.29 is 9.53 Å². The van der Waals surface area contributed by atoms with Crippen LogP contribution in [0.1, 0.15) is 12.0 Å². The quantitative estimate of drug-likeness (QED) is 0.627. The molecule has 1 fully saturated rings. The van der Waals surface area contributed by atoms with E-state index in [1.165, 1.54) is 11.3 Å².